The van der Waals surface area contributed by atoms with Crippen molar-refractivity contribution >= 4 is 34.8 Å². The smallest absolute Gasteiger partial charge is 0.255 e. The molecule has 3 aromatic rings. The number of amides is 2. The lowest BCUT2D eigenvalue weighted by Gasteiger charge is -2.14. The quantitative estimate of drug-likeness (QED) is 0.513. The Kier molecular flexibility index (Phi) is 7.45. The predicted molar refractivity (Wildman–Crippen MR) is 120 cm³/mol. The van der Waals surface area contributed by atoms with E-state index >= 15 is 0 Å². The van der Waals surface area contributed by atoms with Crippen LogP contribution in [-0.2, 0) is 0 Å². The molecule has 31 heavy (non-hydrogen) atoms. The molecule has 7 nitrogen and oxygen atoms in total. The number of ether oxygens (including phenoxy) is 2. The maximum Gasteiger partial charge on any atom is 0.255 e. The Morgan fingerprint density at radius 3 is 2.39 bits per heavy atom. The van der Waals surface area contributed by atoms with Crippen molar-refractivity contribution < 1.29 is 19.1 Å². The van der Waals surface area contributed by atoms with E-state index in [-0.39, 0.29) is 10.9 Å². The summed E-state index contributed by atoms with van der Waals surface area (Å²) in [4.78, 5) is 29.2. The summed E-state index contributed by atoms with van der Waals surface area (Å²) in [6.45, 7) is 2.46. The van der Waals surface area contributed by atoms with Crippen molar-refractivity contribution in [1.82, 2.24) is 4.98 Å². The molecule has 0 aliphatic rings. The Hall–Kier alpha value is -3.58. The van der Waals surface area contributed by atoms with E-state index in [0.717, 1.165) is 6.42 Å². The number of carbonyl (C=O) groups is 2. The fraction of sp³-hybridized carbons (Fsp3) is 0.174. The molecule has 0 aliphatic heterocycles. The third-order valence-electron chi connectivity index (χ3n) is 4.26. The number of hydrogen-bond acceptors (Lipinski definition) is 5. The van der Waals surface area contributed by atoms with Crippen LogP contribution >= 0.6 is 11.6 Å². The van der Waals surface area contributed by atoms with E-state index in [1.807, 2.05) is 6.92 Å². The molecule has 0 atom stereocenters. The van der Waals surface area contributed by atoms with Crippen molar-refractivity contribution in [2.75, 3.05) is 24.4 Å². The number of benzene rings is 2. The van der Waals surface area contributed by atoms with Crippen LogP contribution in [0.5, 0.6) is 11.5 Å². The molecule has 1 aromatic heterocycles. The number of rotatable bonds is 8. The second-order valence-corrected chi connectivity index (χ2v) is 6.97. The molecule has 0 bridgehead atoms. The first kappa shape index (κ1) is 22.1. The van der Waals surface area contributed by atoms with Crippen LogP contribution in [-0.4, -0.2) is 30.5 Å². The zero-order chi connectivity index (χ0) is 22.2. The first-order chi connectivity index (χ1) is 15.0. The highest BCUT2D eigenvalue weighted by Crippen LogP contribution is 2.36. The van der Waals surface area contributed by atoms with Crippen LogP contribution < -0.4 is 20.1 Å². The Morgan fingerprint density at radius 1 is 0.968 bits per heavy atom. The number of methoxy groups -OCH3 is 1. The topological polar surface area (TPSA) is 89.5 Å². The number of halogens is 1. The van der Waals surface area contributed by atoms with Crippen LogP contribution in [0.3, 0.4) is 0 Å². The number of nitrogens with one attached hydrogen (secondary N) is 2. The van der Waals surface area contributed by atoms with E-state index in [9.17, 15) is 9.59 Å². The summed E-state index contributed by atoms with van der Waals surface area (Å²) in [6.07, 6.45) is 3.99. The lowest BCUT2D eigenvalue weighted by atomic mass is 10.1. The van der Waals surface area contributed by atoms with Gasteiger partial charge in [-0.2, -0.15) is 0 Å². The summed E-state index contributed by atoms with van der Waals surface area (Å²) in [5.41, 5.74) is 1.79. The van der Waals surface area contributed by atoms with Crippen LogP contribution in [0.2, 0.25) is 5.02 Å². The number of anilines is 2. The van der Waals surface area contributed by atoms with E-state index in [4.69, 9.17) is 21.1 Å². The minimum atomic E-state index is -0.395. The molecule has 0 fully saturated rings. The largest absolute Gasteiger partial charge is 0.493 e. The molecule has 3 rings (SSSR count). The molecule has 0 aliphatic carbocycles. The molecule has 0 unspecified atom stereocenters. The monoisotopic (exact) mass is 439 g/mol. The van der Waals surface area contributed by atoms with Gasteiger partial charge in [0.15, 0.2) is 11.5 Å². The van der Waals surface area contributed by atoms with Gasteiger partial charge in [0.05, 0.1) is 18.7 Å². The molecule has 160 valence electrons. The van der Waals surface area contributed by atoms with Crippen LogP contribution in [0.4, 0.5) is 11.4 Å². The summed E-state index contributed by atoms with van der Waals surface area (Å²) >= 11 is 6.30. The fourth-order valence-corrected chi connectivity index (χ4v) is 3.04. The average molecular weight is 440 g/mol. The van der Waals surface area contributed by atoms with E-state index in [0.29, 0.717) is 40.6 Å². The van der Waals surface area contributed by atoms with Gasteiger partial charge in [0.25, 0.3) is 11.8 Å². The van der Waals surface area contributed by atoms with Crippen LogP contribution in [0.1, 0.15) is 34.1 Å². The highest BCUT2D eigenvalue weighted by molar-refractivity contribution is 6.32. The first-order valence-electron chi connectivity index (χ1n) is 9.65. The standard InChI is InChI=1S/C23H22ClN3O4/c1-3-11-31-21-19(24)13-16(14-20(21)30-2)23(29)27-18-6-4-5-15(12-18)22(28)26-17-7-9-25-10-8-17/h4-10,12-14H,3,11H2,1-2H3,(H,27,29)(H,25,26,28). The van der Waals surface area contributed by atoms with E-state index in [2.05, 4.69) is 15.6 Å². The third kappa shape index (κ3) is 5.73. The molecule has 0 saturated carbocycles. The zero-order valence-electron chi connectivity index (χ0n) is 17.1. The SMILES string of the molecule is CCCOc1c(Cl)cc(C(=O)Nc2cccc(C(=O)Nc3ccncc3)c2)cc1OC. The maximum absolute atomic E-state index is 12.8. The summed E-state index contributed by atoms with van der Waals surface area (Å²) < 4.78 is 10.9. The number of carbonyl (C=O) groups excluding carboxylic acids is 2. The van der Waals surface area contributed by atoms with E-state index in [1.165, 1.54) is 13.2 Å². The average Bonchev–Trinajstić information content (AvgIpc) is 2.78. The van der Waals surface area contributed by atoms with Crippen molar-refractivity contribution in [1.29, 1.82) is 0 Å². The number of pyridine rings is 1. The Labute approximate surface area is 185 Å². The van der Waals surface area contributed by atoms with Crippen LogP contribution in [0, 0.1) is 0 Å². The summed E-state index contributed by atoms with van der Waals surface area (Å²) in [5, 5.41) is 5.83. The Balaban J connectivity index is 1.75. The van der Waals surface area contributed by atoms with Gasteiger partial charge in [-0.25, -0.2) is 0 Å². The van der Waals surface area contributed by atoms with Gasteiger partial charge in [-0.3, -0.25) is 14.6 Å². The molecule has 2 amide bonds. The van der Waals surface area contributed by atoms with Crippen molar-refractivity contribution in [3.63, 3.8) is 0 Å². The Bertz CT molecular complexity index is 1070. The van der Waals surface area contributed by atoms with Gasteiger partial charge in [-0.1, -0.05) is 24.6 Å². The molecule has 0 spiro atoms. The molecule has 1 heterocycles. The molecular formula is C23H22ClN3O4. The lowest BCUT2D eigenvalue weighted by molar-refractivity contribution is 0.101. The minimum absolute atomic E-state index is 0.281. The van der Waals surface area contributed by atoms with Crippen LogP contribution in [0.25, 0.3) is 0 Å². The van der Waals surface area contributed by atoms with Gasteiger partial charge >= 0.3 is 0 Å². The summed E-state index contributed by atoms with van der Waals surface area (Å²) in [6, 6.07) is 13.1. The van der Waals surface area contributed by atoms with E-state index in [1.54, 1.807) is 54.9 Å². The number of aromatic nitrogens is 1. The van der Waals surface area contributed by atoms with Gasteiger partial charge in [0.2, 0.25) is 0 Å². The van der Waals surface area contributed by atoms with Crippen molar-refractivity contribution in [2.24, 2.45) is 0 Å². The van der Waals surface area contributed by atoms with Crippen molar-refractivity contribution in [3.8, 4) is 11.5 Å². The first-order valence-corrected chi connectivity index (χ1v) is 10.0. The fourth-order valence-electron chi connectivity index (χ4n) is 2.78. The molecular weight excluding hydrogens is 418 g/mol. The number of nitrogens with zero attached hydrogens (tertiary/aromatic N) is 1. The Morgan fingerprint density at radius 2 is 1.68 bits per heavy atom. The molecule has 2 N–H and O–H groups in total. The predicted octanol–water partition coefficient (Wildman–Crippen LogP) is 5.04. The van der Waals surface area contributed by atoms with E-state index < -0.39 is 5.91 Å². The molecule has 2 aromatic carbocycles. The van der Waals surface area contributed by atoms with Gasteiger partial charge in [-0.05, 0) is 48.9 Å². The normalized spacial score (nSPS) is 10.3. The molecule has 0 saturated heterocycles. The van der Waals surface area contributed by atoms with Crippen molar-refractivity contribution in [3.05, 3.63) is 77.1 Å². The zero-order valence-corrected chi connectivity index (χ0v) is 17.9. The second-order valence-electron chi connectivity index (χ2n) is 6.56. The summed E-state index contributed by atoms with van der Waals surface area (Å²) in [7, 11) is 1.48. The third-order valence-corrected chi connectivity index (χ3v) is 4.54. The molecule has 8 heteroatoms. The van der Waals surface area contributed by atoms with Crippen molar-refractivity contribution in [2.45, 2.75) is 13.3 Å². The number of hydrogen-bond donors (Lipinski definition) is 2. The molecule has 0 radical (unpaired) electrons. The highest BCUT2D eigenvalue weighted by Gasteiger charge is 2.16. The lowest BCUT2D eigenvalue weighted by Crippen LogP contribution is -2.15. The minimum Gasteiger partial charge on any atom is -0.493 e. The maximum atomic E-state index is 12.8. The van der Waals surface area contributed by atoms with Gasteiger partial charge < -0.3 is 20.1 Å². The second kappa shape index (κ2) is 10.4. The van der Waals surface area contributed by atoms with Gasteiger partial charge in [-0.15, -0.1) is 0 Å². The van der Waals surface area contributed by atoms with Gasteiger partial charge in [0, 0.05) is 34.9 Å². The highest BCUT2D eigenvalue weighted by atomic mass is 35.5. The summed E-state index contributed by atoms with van der Waals surface area (Å²) in [5.74, 6) is 0.0762. The van der Waals surface area contributed by atoms with Gasteiger partial charge in [0.1, 0.15) is 0 Å². The van der Waals surface area contributed by atoms with Crippen LogP contribution in [0.15, 0.2) is 60.9 Å².